The number of hydrogen-bond acceptors (Lipinski definition) is 7. The minimum absolute atomic E-state index is 0.00463. The van der Waals surface area contributed by atoms with E-state index in [1.807, 2.05) is 19.9 Å². The standard InChI is InChI=1S/C23H19FN2O6.C3H7NO.C2H6/c1-25-22(27)21-20-15(23(28)29)10-19(26-17(20)11-31-21)32-18-7-6-13(9-16(18)24)12-4-3-5-14(8-12)30-2;1-3(5)4-2;1-2/h3-10,21H,11H2,1-2H3,(H,25,27)(H,28,29);1-2H3,(H,4,5);1-2H3. The van der Waals surface area contributed by atoms with Gasteiger partial charge in [0.05, 0.1) is 25.0 Å². The number of halogens is 1. The number of benzene rings is 2. The number of aromatic nitrogens is 1. The Hall–Kier alpha value is -4.51. The van der Waals surface area contributed by atoms with Gasteiger partial charge in [0.2, 0.25) is 11.8 Å². The second kappa shape index (κ2) is 14.4. The van der Waals surface area contributed by atoms with Crippen LogP contribution < -0.4 is 20.1 Å². The van der Waals surface area contributed by atoms with Gasteiger partial charge in [0.1, 0.15) is 5.75 Å². The number of methoxy groups -OCH3 is 1. The Bertz CT molecular complexity index is 1330. The van der Waals surface area contributed by atoms with Gasteiger partial charge in [0, 0.05) is 32.6 Å². The van der Waals surface area contributed by atoms with Crippen molar-refractivity contribution in [3.05, 3.63) is 71.2 Å². The van der Waals surface area contributed by atoms with Gasteiger partial charge in [-0.05, 0) is 35.4 Å². The zero-order valence-electron chi connectivity index (χ0n) is 22.6. The van der Waals surface area contributed by atoms with E-state index in [0.717, 1.165) is 11.6 Å². The molecule has 2 aromatic carbocycles. The fourth-order valence-electron chi connectivity index (χ4n) is 3.48. The molecule has 0 spiro atoms. The van der Waals surface area contributed by atoms with Crippen LogP contribution in [0.1, 0.15) is 48.5 Å². The van der Waals surface area contributed by atoms with E-state index in [0.29, 0.717) is 11.3 Å². The molecule has 1 aromatic heterocycles. The van der Waals surface area contributed by atoms with Crippen molar-refractivity contribution in [2.75, 3.05) is 21.2 Å². The number of carbonyl (C=O) groups excluding carboxylic acids is 2. The van der Waals surface area contributed by atoms with E-state index in [4.69, 9.17) is 14.2 Å². The number of aromatic carboxylic acids is 1. The highest BCUT2D eigenvalue weighted by Crippen LogP contribution is 2.36. The molecule has 1 unspecified atom stereocenters. The third kappa shape index (κ3) is 7.74. The quantitative estimate of drug-likeness (QED) is 0.416. The van der Waals surface area contributed by atoms with Crippen molar-refractivity contribution in [1.29, 1.82) is 0 Å². The van der Waals surface area contributed by atoms with Crippen molar-refractivity contribution in [2.45, 2.75) is 33.5 Å². The maximum atomic E-state index is 14.8. The first kappa shape index (κ1) is 30.7. The maximum Gasteiger partial charge on any atom is 0.336 e. The molecule has 3 N–H and O–H groups in total. The molecule has 0 bridgehead atoms. The summed E-state index contributed by atoms with van der Waals surface area (Å²) in [6, 6.07) is 12.7. The van der Waals surface area contributed by atoms with Gasteiger partial charge in [0.25, 0.3) is 5.91 Å². The number of amides is 2. The molecule has 1 aliphatic heterocycles. The van der Waals surface area contributed by atoms with Crippen LogP contribution in [0, 0.1) is 5.82 Å². The van der Waals surface area contributed by atoms with Crippen LogP contribution in [0.15, 0.2) is 48.5 Å². The van der Waals surface area contributed by atoms with Crippen LogP contribution in [0.4, 0.5) is 4.39 Å². The second-order valence-electron chi connectivity index (χ2n) is 7.76. The highest BCUT2D eigenvalue weighted by molar-refractivity contribution is 5.94. The molecule has 10 nitrogen and oxygen atoms in total. The first-order valence-corrected chi connectivity index (χ1v) is 12.1. The van der Waals surface area contributed by atoms with Gasteiger partial charge in [-0.1, -0.05) is 32.0 Å². The van der Waals surface area contributed by atoms with Crippen LogP contribution >= 0.6 is 0 Å². The Kier molecular flexibility index (Phi) is 11.4. The van der Waals surface area contributed by atoms with E-state index in [9.17, 15) is 23.9 Å². The van der Waals surface area contributed by atoms with Gasteiger partial charge in [-0.3, -0.25) is 9.59 Å². The number of nitrogens with zero attached hydrogens (tertiary/aromatic N) is 1. The molecule has 1 atom stereocenters. The summed E-state index contributed by atoms with van der Waals surface area (Å²) in [6.07, 6.45) is -1.08. The number of pyridine rings is 1. The molecular formula is C28H32FN3O7. The average molecular weight is 542 g/mol. The number of rotatable bonds is 6. The van der Waals surface area contributed by atoms with Crippen LogP contribution in [-0.2, 0) is 20.9 Å². The molecule has 0 saturated heterocycles. The fraction of sp³-hybridized carbons (Fsp3) is 0.286. The molecular weight excluding hydrogens is 509 g/mol. The van der Waals surface area contributed by atoms with E-state index >= 15 is 0 Å². The summed E-state index contributed by atoms with van der Waals surface area (Å²) in [5.41, 5.74) is 1.60. The number of ether oxygens (including phenoxy) is 3. The van der Waals surface area contributed by atoms with Crippen LogP contribution in [-0.4, -0.2) is 49.1 Å². The molecule has 0 aliphatic carbocycles. The molecule has 0 fully saturated rings. The zero-order chi connectivity index (χ0) is 29.1. The first-order chi connectivity index (χ1) is 18.7. The van der Waals surface area contributed by atoms with E-state index in [1.165, 1.54) is 26.1 Å². The molecule has 1 aliphatic rings. The van der Waals surface area contributed by atoms with Crippen molar-refractivity contribution in [1.82, 2.24) is 15.6 Å². The summed E-state index contributed by atoms with van der Waals surface area (Å²) >= 11 is 0. The average Bonchev–Trinajstić information content (AvgIpc) is 3.38. The van der Waals surface area contributed by atoms with Gasteiger partial charge in [-0.15, -0.1) is 0 Å². The molecule has 2 heterocycles. The molecule has 2 amide bonds. The molecule has 0 radical (unpaired) electrons. The lowest BCUT2D eigenvalue weighted by molar-refractivity contribution is -0.131. The summed E-state index contributed by atoms with van der Waals surface area (Å²) in [5.74, 6) is -2.00. The molecule has 11 heteroatoms. The van der Waals surface area contributed by atoms with E-state index in [2.05, 4.69) is 15.6 Å². The highest BCUT2D eigenvalue weighted by atomic mass is 19.1. The number of carbonyl (C=O) groups is 3. The van der Waals surface area contributed by atoms with Gasteiger partial charge < -0.3 is 30.0 Å². The SMILES string of the molecule is CC.CNC(=O)C1OCc2nc(Oc3ccc(-c4cccc(OC)c4)cc3F)cc(C(=O)O)c21.CNC(C)=O. The summed E-state index contributed by atoms with van der Waals surface area (Å²) in [7, 11) is 4.57. The first-order valence-electron chi connectivity index (χ1n) is 12.1. The Balaban J connectivity index is 0.000000686. The second-order valence-corrected chi connectivity index (χ2v) is 7.76. The summed E-state index contributed by atoms with van der Waals surface area (Å²) in [5, 5.41) is 14.4. The van der Waals surface area contributed by atoms with E-state index < -0.39 is 23.8 Å². The molecule has 208 valence electrons. The molecule has 39 heavy (non-hydrogen) atoms. The molecule has 0 saturated carbocycles. The number of likely N-dealkylation sites (N-methyl/N-ethyl adjacent to an activating group) is 1. The number of carboxylic acid groups (broad SMARTS) is 1. The lowest BCUT2D eigenvalue weighted by Crippen LogP contribution is -2.26. The summed E-state index contributed by atoms with van der Waals surface area (Å²) < 4.78 is 30.9. The Morgan fingerprint density at radius 2 is 1.72 bits per heavy atom. The summed E-state index contributed by atoms with van der Waals surface area (Å²) in [4.78, 5) is 37.7. The smallest absolute Gasteiger partial charge is 0.336 e. The number of carboxylic acids is 1. The molecule has 4 rings (SSSR count). The lowest BCUT2D eigenvalue weighted by Gasteiger charge is -2.13. The van der Waals surface area contributed by atoms with Crippen LogP contribution in [0.25, 0.3) is 11.1 Å². The summed E-state index contributed by atoms with van der Waals surface area (Å²) in [6.45, 7) is 5.40. The van der Waals surface area contributed by atoms with Crippen LogP contribution in [0.3, 0.4) is 0 Å². The number of fused-ring (bicyclic) bond motifs is 1. The normalized spacial score (nSPS) is 12.9. The van der Waals surface area contributed by atoms with Crippen molar-refractivity contribution in [3.63, 3.8) is 0 Å². The third-order valence-electron chi connectivity index (χ3n) is 5.38. The Morgan fingerprint density at radius 3 is 2.28 bits per heavy atom. The topological polar surface area (TPSA) is 136 Å². The van der Waals surface area contributed by atoms with Crippen molar-refractivity contribution >= 4 is 17.8 Å². The fourth-order valence-corrected chi connectivity index (χ4v) is 3.48. The van der Waals surface area contributed by atoms with Gasteiger partial charge in [0.15, 0.2) is 17.7 Å². The van der Waals surface area contributed by atoms with Crippen molar-refractivity contribution in [2.24, 2.45) is 0 Å². The minimum Gasteiger partial charge on any atom is -0.497 e. The monoisotopic (exact) mass is 541 g/mol. The van der Waals surface area contributed by atoms with Gasteiger partial charge in [-0.25, -0.2) is 14.2 Å². The maximum absolute atomic E-state index is 14.8. The van der Waals surface area contributed by atoms with E-state index in [1.54, 1.807) is 38.4 Å². The Labute approximate surface area is 226 Å². The largest absolute Gasteiger partial charge is 0.497 e. The predicted octanol–water partition coefficient (Wildman–Crippen LogP) is 4.48. The predicted molar refractivity (Wildman–Crippen MR) is 142 cm³/mol. The third-order valence-corrected chi connectivity index (χ3v) is 5.38. The van der Waals surface area contributed by atoms with Gasteiger partial charge >= 0.3 is 5.97 Å². The molecule has 3 aromatic rings. The lowest BCUT2D eigenvalue weighted by atomic mass is 10.0. The highest BCUT2D eigenvalue weighted by Gasteiger charge is 2.35. The Morgan fingerprint density at radius 1 is 1.05 bits per heavy atom. The van der Waals surface area contributed by atoms with Gasteiger partial charge in [-0.2, -0.15) is 0 Å². The van der Waals surface area contributed by atoms with Crippen LogP contribution in [0.5, 0.6) is 17.4 Å². The number of hydrogen-bond donors (Lipinski definition) is 3. The van der Waals surface area contributed by atoms with Crippen LogP contribution in [0.2, 0.25) is 0 Å². The number of nitrogens with one attached hydrogen (secondary N) is 2. The zero-order valence-corrected chi connectivity index (χ0v) is 22.6. The van der Waals surface area contributed by atoms with Crippen molar-refractivity contribution < 1.29 is 38.1 Å². The van der Waals surface area contributed by atoms with E-state index in [-0.39, 0.29) is 41.0 Å². The minimum atomic E-state index is -1.28. The van der Waals surface area contributed by atoms with Crippen molar-refractivity contribution in [3.8, 4) is 28.5 Å².